The molecular weight excluding hydrogens is 1110 g/mol. The molecule has 2 bridgehead atoms. The van der Waals surface area contributed by atoms with Crippen molar-refractivity contribution >= 4 is 131 Å². The number of fused-ring (bicyclic) bond motifs is 3. The van der Waals surface area contributed by atoms with E-state index in [1.807, 2.05) is 48.5 Å². The molecule has 0 radical (unpaired) electrons. The van der Waals surface area contributed by atoms with Gasteiger partial charge in [-0.25, -0.2) is 0 Å². The van der Waals surface area contributed by atoms with E-state index in [2.05, 4.69) is 162 Å². The normalized spacial score (nSPS) is 18.8. The van der Waals surface area contributed by atoms with E-state index in [-0.39, 0.29) is 18.2 Å². The molecule has 60 heavy (non-hydrogen) atoms. The van der Waals surface area contributed by atoms with Gasteiger partial charge in [0.2, 0.25) is 5.78 Å². The largest absolute Gasteiger partial charge is 0.480 e. The lowest BCUT2D eigenvalue weighted by molar-refractivity contribution is 0.0322. The number of allylic oxidation sites excluding steroid dienone is 2. The van der Waals surface area contributed by atoms with Crippen LogP contribution < -0.4 is 9.92 Å². The Hall–Kier alpha value is -2.64. The molecule has 1 spiro atoms. The fourth-order valence-electron chi connectivity index (χ4n) is 7.48. The molecule has 2 unspecified atom stereocenters. The second-order valence-corrected chi connectivity index (χ2v) is 31.5. The Balaban J connectivity index is 0.000000184. The van der Waals surface area contributed by atoms with Crippen molar-refractivity contribution in [3.63, 3.8) is 0 Å². The van der Waals surface area contributed by atoms with Gasteiger partial charge >= 0.3 is 0 Å². The van der Waals surface area contributed by atoms with Crippen LogP contribution in [0.1, 0.15) is 49.9 Å². The summed E-state index contributed by atoms with van der Waals surface area (Å²) in [5, 5.41) is 1.27. The van der Waals surface area contributed by atoms with Crippen LogP contribution in [-0.2, 0) is 21.3 Å². The highest BCUT2D eigenvalue weighted by Crippen LogP contribution is 2.63. The number of benzene rings is 4. The van der Waals surface area contributed by atoms with Gasteiger partial charge in [0.15, 0.2) is 10.1 Å². The number of ether oxygens (including phenoxy) is 2. The van der Waals surface area contributed by atoms with Crippen LogP contribution in [0.5, 0.6) is 5.75 Å². The lowest BCUT2D eigenvalue weighted by Crippen LogP contribution is -2.46. The van der Waals surface area contributed by atoms with Crippen molar-refractivity contribution in [3.05, 3.63) is 137 Å². The van der Waals surface area contributed by atoms with Gasteiger partial charge < -0.3 is 9.47 Å². The Morgan fingerprint density at radius 2 is 1.58 bits per heavy atom. The van der Waals surface area contributed by atoms with E-state index in [0.29, 0.717) is 23.5 Å². The average Bonchev–Trinajstić information content (AvgIpc) is 3.69. The minimum absolute atomic E-state index is 0.174. The first-order valence-electron chi connectivity index (χ1n) is 19.1. The van der Waals surface area contributed by atoms with Crippen molar-refractivity contribution in [3.8, 4) is 52.0 Å². The lowest BCUT2D eigenvalue weighted by Gasteiger charge is -2.44. The highest BCUT2D eigenvalue weighted by Gasteiger charge is 2.57. The van der Waals surface area contributed by atoms with Gasteiger partial charge in [-0.05, 0) is 110 Å². The van der Waals surface area contributed by atoms with Gasteiger partial charge in [0.05, 0.1) is 24.8 Å². The van der Waals surface area contributed by atoms with Gasteiger partial charge in [-0.3, -0.25) is 9.59 Å². The molecule has 13 heteroatoms. The second kappa shape index (κ2) is 18.6. The van der Waals surface area contributed by atoms with Crippen LogP contribution in [0.2, 0.25) is 39.3 Å². The number of alkyl halides is 4. The van der Waals surface area contributed by atoms with E-state index in [0.717, 1.165) is 35.7 Å². The molecule has 9 rings (SSSR count). The molecular formula is C47H37Br4Cl3O4Si2. The van der Waals surface area contributed by atoms with Crippen molar-refractivity contribution in [2.45, 2.75) is 60.1 Å². The number of hydrogen-bond acceptors (Lipinski definition) is 4. The van der Waals surface area contributed by atoms with Crippen LogP contribution in [0.4, 0.5) is 0 Å². The van der Waals surface area contributed by atoms with E-state index in [4.69, 9.17) is 45.6 Å². The Labute approximate surface area is 404 Å². The Morgan fingerprint density at radius 1 is 0.917 bits per heavy atom. The quantitative estimate of drug-likeness (QED) is 0.0592. The van der Waals surface area contributed by atoms with E-state index >= 15 is 0 Å². The molecule has 4 aliphatic carbocycles. The van der Waals surface area contributed by atoms with Crippen molar-refractivity contribution in [2.24, 2.45) is 0 Å². The lowest BCUT2D eigenvalue weighted by atomic mass is 9.70. The molecule has 0 saturated heterocycles. The third kappa shape index (κ3) is 9.78. The molecule has 0 N–H and O–H groups in total. The van der Waals surface area contributed by atoms with Crippen LogP contribution in [-0.4, -0.2) is 38.6 Å². The molecule has 4 aromatic carbocycles. The summed E-state index contributed by atoms with van der Waals surface area (Å²) in [5.41, 5.74) is 11.3. The third-order valence-electron chi connectivity index (χ3n) is 9.74. The summed E-state index contributed by atoms with van der Waals surface area (Å²) in [5.74, 6) is 14.8. The average molecular weight is 1150 g/mol. The van der Waals surface area contributed by atoms with E-state index in [1.165, 1.54) is 21.9 Å². The molecule has 5 aliphatic rings. The smallest absolute Gasteiger partial charge is 0.236 e. The van der Waals surface area contributed by atoms with Gasteiger partial charge in [0.1, 0.15) is 26.0 Å². The number of carbonyl (C=O) groups excluding carboxylic acids is 2. The molecule has 0 aromatic heterocycles. The molecule has 4 nitrogen and oxygen atoms in total. The molecule has 0 saturated carbocycles. The zero-order valence-corrected chi connectivity index (χ0v) is 43.9. The van der Waals surface area contributed by atoms with Gasteiger partial charge in [0.25, 0.3) is 0 Å². The summed E-state index contributed by atoms with van der Waals surface area (Å²) in [6, 6.07) is 20.9. The first kappa shape index (κ1) is 45.4. The minimum Gasteiger partial charge on any atom is -0.480 e. The number of halogens is 7. The van der Waals surface area contributed by atoms with Crippen LogP contribution in [0.15, 0.2) is 98.4 Å². The molecule has 1 aliphatic heterocycles. The summed E-state index contributed by atoms with van der Waals surface area (Å²) in [4.78, 5) is 26.0. The number of Topliss-reactive ketones (excluding diaryl/α,β-unsaturated/α-hetero) is 1. The maximum atomic E-state index is 13.6. The van der Waals surface area contributed by atoms with Crippen molar-refractivity contribution in [2.75, 3.05) is 6.61 Å². The molecule has 306 valence electrons. The number of ketones is 2. The summed E-state index contributed by atoms with van der Waals surface area (Å²) < 4.78 is 18.9. The first-order valence-corrected chi connectivity index (χ1v) is 29.9. The summed E-state index contributed by atoms with van der Waals surface area (Å²) in [6.07, 6.45) is 6.53. The maximum Gasteiger partial charge on any atom is 0.236 e. The predicted octanol–water partition coefficient (Wildman–Crippen LogP) is 13.3. The standard InChI is InChI=1S/2C23H18Br2O2Si.CHCl3/c1-28(2,3)21-14-11-27-23-9-8-22(25,10-15(23)24)19(18(14)23)16-12-6-4-5-7-13(12)20(26)17(16)21;1-28(2,3)16-14-22(26)20-11-7-6-10-18(20)9-5-4-8-15-27-23-13-12-19(24)17-21(23)25;2-1(3)4/h4-10H,11H2,1-3H3;6-7,10-13,17H,15H2,1-3H3;1H/i;;1D. The van der Waals surface area contributed by atoms with E-state index in [1.54, 1.807) is 12.1 Å². The fourth-order valence-corrected chi connectivity index (χ4v) is 13.1. The molecule has 4 aromatic rings. The molecule has 0 amide bonds. The summed E-state index contributed by atoms with van der Waals surface area (Å²) in [7, 11) is -3.43. The van der Waals surface area contributed by atoms with Crippen LogP contribution in [0, 0.1) is 35.1 Å². The second-order valence-electron chi connectivity index (χ2n) is 16.1. The SMILES string of the molecule is C[Si](C)(C)C#CC(=O)c1ccccc1C#CC#CCOc1ccc(Br)cc1Br.C[Si](C)(C)c1c2c3c(c4c1C(=O)c1ccccc1-4)C1(Br)C=CC3(OC2)C(Br)=C1.[2H]C(Cl)(Cl)Cl. The van der Waals surface area contributed by atoms with Crippen LogP contribution >= 0.6 is 98.5 Å². The molecule has 2 atom stereocenters. The van der Waals surface area contributed by atoms with Crippen molar-refractivity contribution < 1.29 is 20.4 Å². The van der Waals surface area contributed by atoms with Crippen LogP contribution in [0.25, 0.3) is 11.1 Å². The fraction of sp³-hybridized carbons (Fsp3) is 0.234. The zero-order valence-electron chi connectivity index (χ0n) is 34.3. The first-order chi connectivity index (χ1) is 28.4. The topological polar surface area (TPSA) is 52.6 Å². The highest BCUT2D eigenvalue weighted by atomic mass is 79.9. The van der Waals surface area contributed by atoms with E-state index < -0.39 is 30.3 Å². The monoisotopic (exact) mass is 1140 g/mol. The molecule has 0 fully saturated rings. The number of carbonyl (C=O) groups is 2. The third-order valence-corrected chi connectivity index (χ3v) is 15.5. The zero-order chi connectivity index (χ0) is 44.7. The van der Waals surface area contributed by atoms with Crippen LogP contribution in [0.3, 0.4) is 0 Å². The minimum atomic E-state index is -1.83. The highest BCUT2D eigenvalue weighted by molar-refractivity contribution is 9.12. The maximum absolute atomic E-state index is 13.6. The predicted molar refractivity (Wildman–Crippen MR) is 267 cm³/mol. The Morgan fingerprint density at radius 3 is 2.23 bits per heavy atom. The summed E-state index contributed by atoms with van der Waals surface area (Å²) in [6.45, 7) is 14.1. The van der Waals surface area contributed by atoms with Gasteiger partial charge in [0, 0.05) is 36.8 Å². The Kier molecular flexibility index (Phi) is 14.1. The van der Waals surface area contributed by atoms with Crippen molar-refractivity contribution in [1.82, 2.24) is 0 Å². The Bertz CT molecular complexity index is 2750. The van der Waals surface area contributed by atoms with Gasteiger partial charge in [-0.15, -0.1) is 5.54 Å². The van der Waals surface area contributed by atoms with E-state index in [9.17, 15) is 9.59 Å². The summed E-state index contributed by atoms with van der Waals surface area (Å²) >= 11 is 28.8. The van der Waals surface area contributed by atoms with Gasteiger partial charge in [-0.2, -0.15) is 0 Å². The van der Waals surface area contributed by atoms with Gasteiger partial charge in [-0.1, -0.05) is 170 Å². The van der Waals surface area contributed by atoms with Crippen molar-refractivity contribution in [1.29, 1.82) is 0 Å². The number of rotatable bonds is 4. The molecule has 1 heterocycles. The number of hydrogen-bond donors (Lipinski definition) is 0.